The molecule has 110 valence electrons. The van der Waals surface area contributed by atoms with E-state index in [9.17, 15) is 4.79 Å². The van der Waals surface area contributed by atoms with Crippen LogP contribution < -0.4 is 20.1 Å². The third kappa shape index (κ3) is 4.42. The molecule has 0 radical (unpaired) electrons. The lowest BCUT2D eigenvalue weighted by molar-refractivity contribution is -0.115. The molecule has 5 nitrogen and oxygen atoms in total. The molecule has 5 heteroatoms. The van der Waals surface area contributed by atoms with E-state index in [1.807, 2.05) is 32.9 Å². The average molecular weight is 278 g/mol. The summed E-state index contributed by atoms with van der Waals surface area (Å²) < 4.78 is 11.1. The van der Waals surface area contributed by atoms with E-state index >= 15 is 0 Å². The Morgan fingerprint density at radius 1 is 1.20 bits per heavy atom. The van der Waals surface area contributed by atoms with Crippen molar-refractivity contribution in [2.45, 2.75) is 32.7 Å². The van der Waals surface area contributed by atoms with Gasteiger partial charge < -0.3 is 20.1 Å². The molecule has 2 N–H and O–H groups in total. The molecule has 0 fully saturated rings. The molecule has 2 rings (SSSR count). The summed E-state index contributed by atoms with van der Waals surface area (Å²) >= 11 is 0. The van der Waals surface area contributed by atoms with Crippen molar-refractivity contribution in [3.63, 3.8) is 0 Å². The minimum absolute atomic E-state index is 0.0746. The largest absolute Gasteiger partial charge is 0.490 e. The zero-order valence-electron chi connectivity index (χ0n) is 12.3. The maximum atomic E-state index is 11.8. The normalized spacial score (nSPS) is 14.6. The number of amides is 1. The summed E-state index contributed by atoms with van der Waals surface area (Å²) in [5.74, 6) is 1.34. The number of carbonyl (C=O) groups is 1. The monoisotopic (exact) mass is 278 g/mol. The van der Waals surface area contributed by atoms with Crippen LogP contribution in [0.4, 0.5) is 5.69 Å². The summed E-state index contributed by atoms with van der Waals surface area (Å²) in [5, 5.41) is 5.99. The lowest BCUT2D eigenvalue weighted by Gasteiger charge is -2.20. The van der Waals surface area contributed by atoms with Crippen molar-refractivity contribution in [3.8, 4) is 11.5 Å². The van der Waals surface area contributed by atoms with Gasteiger partial charge in [-0.15, -0.1) is 0 Å². The molecule has 0 saturated heterocycles. The van der Waals surface area contributed by atoms with Gasteiger partial charge in [-0.3, -0.25) is 4.79 Å². The fraction of sp³-hybridized carbons (Fsp3) is 0.533. The van der Waals surface area contributed by atoms with Crippen LogP contribution in [0.3, 0.4) is 0 Å². The van der Waals surface area contributed by atoms with Gasteiger partial charge in [-0.2, -0.15) is 0 Å². The van der Waals surface area contributed by atoms with Gasteiger partial charge in [0.2, 0.25) is 5.91 Å². The van der Waals surface area contributed by atoms with Crippen LogP contribution in [0, 0.1) is 0 Å². The Morgan fingerprint density at radius 3 is 2.60 bits per heavy atom. The van der Waals surface area contributed by atoms with E-state index in [1.165, 1.54) is 0 Å². The lowest BCUT2D eigenvalue weighted by Crippen LogP contribution is -2.41. The zero-order valence-corrected chi connectivity index (χ0v) is 12.3. The van der Waals surface area contributed by atoms with Crippen LogP contribution >= 0.6 is 0 Å². The number of rotatable bonds is 3. The highest BCUT2D eigenvalue weighted by Crippen LogP contribution is 2.32. The molecule has 1 aromatic rings. The number of carbonyl (C=O) groups excluding carboxylic acids is 1. The molecule has 1 amide bonds. The van der Waals surface area contributed by atoms with Crippen molar-refractivity contribution < 1.29 is 14.3 Å². The van der Waals surface area contributed by atoms with Crippen molar-refractivity contribution in [1.82, 2.24) is 5.32 Å². The van der Waals surface area contributed by atoms with Crippen LogP contribution in [0.5, 0.6) is 11.5 Å². The van der Waals surface area contributed by atoms with Crippen LogP contribution in [0.25, 0.3) is 0 Å². The molecule has 1 aromatic carbocycles. The van der Waals surface area contributed by atoms with E-state index in [1.54, 1.807) is 6.07 Å². The maximum Gasteiger partial charge on any atom is 0.238 e. The first kappa shape index (κ1) is 14.7. The highest BCUT2D eigenvalue weighted by molar-refractivity contribution is 5.92. The standard InChI is InChI=1S/C15H22N2O3/c1-15(2,3)16-10-14(18)17-11-5-6-12-13(9-11)20-8-4-7-19-12/h5-6,9,16H,4,7-8,10H2,1-3H3,(H,17,18). The number of benzene rings is 1. The molecule has 0 aliphatic carbocycles. The van der Waals surface area contributed by atoms with Gasteiger partial charge in [0.25, 0.3) is 0 Å². The van der Waals surface area contributed by atoms with Crippen molar-refractivity contribution in [2.75, 3.05) is 25.1 Å². The molecule has 0 spiro atoms. The van der Waals surface area contributed by atoms with Gasteiger partial charge in [0.15, 0.2) is 11.5 Å². The first-order chi connectivity index (χ1) is 9.44. The van der Waals surface area contributed by atoms with Crippen molar-refractivity contribution in [2.24, 2.45) is 0 Å². The van der Waals surface area contributed by atoms with Crippen LogP contribution in [-0.2, 0) is 4.79 Å². The number of anilines is 1. The van der Waals surface area contributed by atoms with Crippen molar-refractivity contribution in [1.29, 1.82) is 0 Å². The summed E-state index contributed by atoms with van der Waals surface area (Å²) in [4.78, 5) is 11.8. The molecular weight excluding hydrogens is 256 g/mol. The molecule has 0 atom stereocenters. The summed E-state index contributed by atoms with van der Waals surface area (Å²) in [6.45, 7) is 7.64. The molecule has 0 aromatic heterocycles. The highest BCUT2D eigenvalue weighted by atomic mass is 16.5. The number of hydrogen-bond donors (Lipinski definition) is 2. The first-order valence-electron chi connectivity index (χ1n) is 6.88. The van der Waals surface area contributed by atoms with Gasteiger partial charge in [-0.25, -0.2) is 0 Å². The van der Waals surface area contributed by atoms with E-state index in [0.29, 0.717) is 19.0 Å². The third-order valence-corrected chi connectivity index (χ3v) is 2.81. The number of hydrogen-bond acceptors (Lipinski definition) is 4. The van der Waals surface area contributed by atoms with Crippen LogP contribution in [0.2, 0.25) is 0 Å². The highest BCUT2D eigenvalue weighted by Gasteiger charge is 2.13. The third-order valence-electron chi connectivity index (χ3n) is 2.81. The Morgan fingerprint density at radius 2 is 1.90 bits per heavy atom. The Labute approximate surface area is 119 Å². The minimum atomic E-state index is -0.0813. The predicted molar refractivity (Wildman–Crippen MR) is 78.4 cm³/mol. The fourth-order valence-electron chi connectivity index (χ4n) is 1.79. The predicted octanol–water partition coefficient (Wildman–Crippen LogP) is 2.17. The molecular formula is C15H22N2O3. The van der Waals surface area contributed by atoms with E-state index in [-0.39, 0.29) is 18.0 Å². The van der Waals surface area contributed by atoms with Crippen molar-refractivity contribution in [3.05, 3.63) is 18.2 Å². The zero-order chi connectivity index (χ0) is 14.6. The minimum Gasteiger partial charge on any atom is -0.490 e. The molecule has 0 bridgehead atoms. The Hall–Kier alpha value is -1.75. The van der Waals surface area contributed by atoms with Gasteiger partial charge in [0.1, 0.15) is 0 Å². The number of nitrogens with one attached hydrogen (secondary N) is 2. The second-order valence-corrected chi connectivity index (χ2v) is 5.86. The van der Waals surface area contributed by atoms with Crippen molar-refractivity contribution >= 4 is 11.6 Å². The fourth-order valence-corrected chi connectivity index (χ4v) is 1.79. The van der Waals surface area contributed by atoms with E-state index in [4.69, 9.17) is 9.47 Å². The molecule has 0 unspecified atom stereocenters. The summed E-state index contributed by atoms with van der Waals surface area (Å²) in [5.41, 5.74) is 0.636. The first-order valence-corrected chi connectivity index (χ1v) is 6.88. The Balaban J connectivity index is 1.96. The Bertz CT molecular complexity index is 480. The van der Waals surface area contributed by atoms with E-state index in [2.05, 4.69) is 10.6 Å². The second kappa shape index (κ2) is 6.13. The van der Waals surface area contributed by atoms with Crippen LogP contribution in [0.1, 0.15) is 27.2 Å². The quantitative estimate of drug-likeness (QED) is 0.889. The number of ether oxygens (including phenoxy) is 2. The smallest absolute Gasteiger partial charge is 0.238 e. The lowest BCUT2D eigenvalue weighted by atomic mass is 10.1. The second-order valence-electron chi connectivity index (χ2n) is 5.86. The van der Waals surface area contributed by atoms with Gasteiger partial charge in [0.05, 0.1) is 19.8 Å². The Kier molecular flexibility index (Phi) is 4.49. The summed E-state index contributed by atoms with van der Waals surface area (Å²) in [6.07, 6.45) is 0.867. The average Bonchev–Trinajstić information content (AvgIpc) is 2.60. The number of fused-ring (bicyclic) bond motifs is 1. The van der Waals surface area contributed by atoms with Gasteiger partial charge in [-0.05, 0) is 32.9 Å². The van der Waals surface area contributed by atoms with E-state index < -0.39 is 0 Å². The maximum absolute atomic E-state index is 11.8. The van der Waals surface area contributed by atoms with Gasteiger partial charge >= 0.3 is 0 Å². The molecule has 0 saturated carbocycles. The molecule has 20 heavy (non-hydrogen) atoms. The van der Waals surface area contributed by atoms with Gasteiger partial charge in [0, 0.05) is 23.7 Å². The van der Waals surface area contributed by atoms with Crippen LogP contribution in [0.15, 0.2) is 18.2 Å². The summed E-state index contributed by atoms with van der Waals surface area (Å²) in [7, 11) is 0. The SMILES string of the molecule is CC(C)(C)NCC(=O)Nc1ccc2c(c1)OCCCO2. The van der Waals surface area contributed by atoms with Gasteiger partial charge in [-0.1, -0.05) is 0 Å². The molecule has 1 aliphatic heterocycles. The molecule has 1 heterocycles. The molecule has 1 aliphatic rings. The van der Waals surface area contributed by atoms with Crippen LogP contribution in [-0.4, -0.2) is 31.2 Å². The van der Waals surface area contributed by atoms with E-state index in [0.717, 1.165) is 17.9 Å². The summed E-state index contributed by atoms with van der Waals surface area (Å²) in [6, 6.07) is 5.45. The topological polar surface area (TPSA) is 59.6 Å².